The summed E-state index contributed by atoms with van der Waals surface area (Å²) in [5.41, 5.74) is 0.620. The third kappa shape index (κ3) is 15.5. The van der Waals surface area contributed by atoms with E-state index in [1.54, 1.807) is 24.3 Å². The van der Waals surface area contributed by atoms with E-state index in [1.165, 1.54) is 25.7 Å². The van der Waals surface area contributed by atoms with E-state index < -0.39 is 18.0 Å². The molecule has 0 bridgehead atoms. The lowest BCUT2D eigenvalue weighted by molar-refractivity contribution is -0.152. The van der Waals surface area contributed by atoms with Crippen molar-refractivity contribution >= 4 is 11.9 Å². The zero-order chi connectivity index (χ0) is 22.6. The molecule has 1 aromatic rings. The molecule has 7 heteroatoms. The van der Waals surface area contributed by atoms with E-state index in [9.17, 15) is 14.7 Å². The molecule has 1 atom stereocenters. The van der Waals surface area contributed by atoms with Gasteiger partial charge in [0.15, 0.2) is 6.10 Å². The molecule has 1 rings (SSSR count). The van der Waals surface area contributed by atoms with Crippen LogP contribution in [0.2, 0.25) is 0 Å². The Hall–Kier alpha value is -1.96. The van der Waals surface area contributed by atoms with E-state index in [2.05, 4.69) is 0 Å². The quantitative estimate of drug-likeness (QED) is 0.265. The van der Waals surface area contributed by atoms with Gasteiger partial charge >= 0.3 is 11.9 Å². The highest BCUT2D eigenvalue weighted by atomic mass is 16.6. The van der Waals surface area contributed by atoms with Crippen LogP contribution < -0.4 is 0 Å². The molecule has 0 fully saturated rings. The molecule has 0 aliphatic rings. The Bertz CT molecular complexity index is 577. The van der Waals surface area contributed by atoms with Crippen LogP contribution in [0.3, 0.4) is 0 Å². The van der Waals surface area contributed by atoms with Gasteiger partial charge in [-0.2, -0.15) is 0 Å². The number of rotatable bonds is 21. The van der Waals surface area contributed by atoms with Crippen LogP contribution in [0.4, 0.5) is 0 Å². The summed E-state index contributed by atoms with van der Waals surface area (Å²) in [4.78, 5) is 21.7. The molecule has 1 unspecified atom stereocenters. The first-order valence-electron chi connectivity index (χ1n) is 11.4. The fourth-order valence-corrected chi connectivity index (χ4v) is 3.20. The smallest absolute Gasteiger partial charge is 0.337 e. The third-order valence-electron chi connectivity index (χ3n) is 4.89. The lowest BCUT2D eigenvalue weighted by Crippen LogP contribution is -2.18. The van der Waals surface area contributed by atoms with Crippen LogP contribution in [0, 0.1) is 0 Å². The predicted octanol–water partition coefficient (Wildman–Crippen LogP) is 4.85. The number of aliphatic carboxylic acids is 2. The maximum absolute atomic E-state index is 11.3. The van der Waals surface area contributed by atoms with Gasteiger partial charge in [0, 0.05) is 13.0 Å². The number of hydrogen-bond acceptors (Lipinski definition) is 5. The fraction of sp³-hybridized carbons (Fsp3) is 0.667. The van der Waals surface area contributed by atoms with Crippen molar-refractivity contribution in [3.8, 4) is 0 Å². The van der Waals surface area contributed by atoms with Crippen LogP contribution in [0.25, 0.3) is 0 Å². The van der Waals surface area contributed by atoms with E-state index in [0.29, 0.717) is 25.4 Å². The molecule has 0 amide bonds. The Morgan fingerprint density at radius 2 is 1.19 bits per heavy atom. The Morgan fingerprint density at radius 1 is 0.677 bits per heavy atom. The number of carboxylic acid groups (broad SMARTS) is 2. The van der Waals surface area contributed by atoms with Gasteiger partial charge in [-0.1, -0.05) is 75.3 Å². The number of unbranched alkanes of at least 4 members (excludes halogenated alkanes) is 8. The van der Waals surface area contributed by atoms with Crippen LogP contribution in [-0.4, -0.2) is 55.2 Å². The predicted molar refractivity (Wildman–Crippen MR) is 118 cm³/mol. The second-order valence-corrected chi connectivity index (χ2v) is 7.55. The standard InChI is InChI=1S/C24H38O7/c25-22(26)15-11-6-4-2-1-3-5-7-12-16-29-17-18-30-19-20-31-23(24(27)28)21-13-9-8-10-14-21/h8-10,13-14,23H,1-7,11-12,15-20H2,(H,25,26)(H,27,28). The largest absolute Gasteiger partial charge is 0.481 e. The van der Waals surface area contributed by atoms with Crippen molar-refractivity contribution in [3.05, 3.63) is 35.9 Å². The van der Waals surface area contributed by atoms with Crippen LogP contribution in [0.1, 0.15) is 75.9 Å². The molecular formula is C24H38O7. The maximum Gasteiger partial charge on any atom is 0.337 e. The number of carbonyl (C=O) groups is 2. The number of carboxylic acids is 2. The van der Waals surface area contributed by atoms with Crippen molar-refractivity contribution in [2.75, 3.05) is 33.0 Å². The molecule has 7 nitrogen and oxygen atoms in total. The molecule has 0 aromatic heterocycles. The van der Waals surface area contributed by atoms with Crippen molar-refractivity contribution in [2.45, 2.75) is 70.3 Å². The summed E-state index contributed by atoms with van der Waals surface area (Å²) in [7, 11) is 0. The minimum atomic E-state index is -1.01. The van der Waals surface area contributed by atoms with E-state index in [1.807, 2.05) is 6.07 Å². The van der Waals surface area contributed by atoms with Crippen molar-refractivity contribution in [2.24, 2.45) is 0 Å². The summed E-state index contributed by atoms with van der Waals surface area (Å²) >= 11 is 0. The van der Waals surface area contributed by atoms with Gasteiger partial charge < -0.3 is 24.4 Å². The van der Waals surface area contributed by atoms with Gasteiger partial charge in [-0.05, 0) is 18.4 Å². The summed E-state index contributed by atoms with van der Waals surface area (Å²) in [6.07, 6.45) is 9.29. The third-order valence-corrected chi connectivity index (χ3v) is 4.89. The second kappa shape index (κ2) is 18.8. The molecule has 31 heavy (non-hydrogen) atoms. The van der Waals surface area contributed by atoms with Gasteiger partial charge in [0.2, 0.25) is 0 Å². The number of benzene rings is 1. The Morgan fingerprint density at radius 3 is 1.77 bits per heavy atom. The lowest BCUT2D eigenvalue weighted by atomic mass is 10.1. The minimum Gasteiger partial charge on any atom is -0.481 e. The summed E-state index contributed by atoms with van der Waals surface area (Å²) in [6, 6.07) is 8.88. The Kier molecular flexibility index (Phi) is 16.4. The molecule has 2 N–H and O–H groups in total. The van der Waals surface area contributed by atoms with Crippen molar-refractivity contribution in [1.82, 2.24) is 0 Å². The van der Waals surface area contributed by atoms with Crippen molar-refractivity contribution < 1.29 is 34.0 Å². The summed E-state index contributed by atoms with van der Waals surface area (Å²) in [5, 5.41) is 17.8. The van der Waals surface area contributed by atoms with Crippen LogP contribution >= 0.6 is 0 Å². The van der Waals surface area contributed by atoms with E-state index in [0.717, 1.165) is 38.7 Å². The van der Waals surface area contributed by atoms with Crippen molar-refractivity contribution in [1.29, 1.82) is 0 Å². The highest BCUT2D eigenvalue weighted by molar-refractivity contribution is 5.74. The molecule has 1 aromatic carbocycles. The van der Waals surface area contributed by atoms with E-state index in [4.69, 9.17) is 19.3 Å². The molecular weight excluding hydrogens is 400 g/mol. The van der Waals surface area contributed by atoms with E-state index in [-0.39, 0.29) is 13.0 Å². The number of ether oxygens (including phenoxy) is 3. The Labute approximate surface area is 185 Å². The zero-order valence-electron chi connectivity index (χ0n) is 18.5. The molecule has 0 saturated carbocycles. The average molecular weight is 439 g/mol. The fourth-order valence-electron chi connectivity index (χ4n) is 3.20. The molecule has 0 saturated heterocycles. The highest BCUT2D eigenvalue weighted by Crippen LogP contribution is 2.17. The minimum absolute atomic E-state index is 0.214. The molecule has 0 radical (unpaired) electrons. The molecule has 0 aliphatic carbocycles. The zero-order valence-corrected chi connectivity index (χ0v) is 18.5. The van der Waals surface area contributed by atoms with Gasteiger partial charge in [-0.15, -0.1) is 0 Å². The summed E-state index contributed by atoms with van der Waals surface area (Å²) < 4.78 is 16.4. The topological polar surface area (TPSA) is 102 Å². The van der Waals surface area contributed by atoms with Crippen LogP contribution in [-0.2, 0) is 23.8 Å². The van der Waals surface area contributed by atoms with Gasteiger partial charge in [0.05, 0.1) is 26.4 Å². The Balaban J connectivity index is 1.83. The lowest BCUT2D eigenvalue weighted by Gasteiger charge is -2.14. The molecule has 0 aliphatic heterocycles. The van der Waals surface area contributed by atoms with E-state index >= 15 is 0 Å². The van der Waals surface area contributed by atoms with Crippen molar-refractivity contribution in [3.63, 3.8) is 0 Å². The summed E-state index contributed by atoms with van der Waals surface area (Å²) in [5.74, 6) is -1.71. The summed E-state index contributed by atoms with van der Waals surface area (Å²) in [6.45, 7) is 2.26. The first kappa shape index (κ1) is 27.1. The first-order chi connectivity index (χ1) is 15.1. The monoisotopic (exact) mass is 438 g/mol. The van der Waals surface area contributed by atoms with Crippen LogP contribution in [0.15, 0.2) is 30.3 Å². The van der Waals surface area contributed by atoms with Gasteiger partial charge in [0.25, 0.3) is 0 Å². The van der Waals surface area contributed by atoms with Gasteiger partial charge in [0.1, 0.15) is 0 Å². The highest BCUT2D eigenvalue weighted by Gasteiger charge is 2.19. The number of hydrogen-bond donors (Lipinski definition) is 2. The van der Waals surface area contributed by atoms with Crippen LogP contribution in [0.5, 0.6) is 0 Å². The molecule has 0 spiro atoms. The SMILES string of the molecule is O=C(O)CCCCCCCCCCCOCCOCCOC(C(=O)O)c1ccccc1. The van der Waals surface area contributed by atoms with Gasteiger partial charge in [-0.3, -0.25) is 4.79 Å². The molecule has 176 valence electrons. The van der Waals surface area contributed by atoms with Gasteiger partial charge in [-0.25, -0.2) is 4.79 Å². The molecule has 0 heterocycles. The second-order valence-electron chi connectivity index (χ2n) is 7.55. The maximum atomic E-state index is 11.3. The first-order valence-corrected chi connectivity index (χ1v) is 11.4. The normalized spacial score (nSPS) is 12.0. The average Bonchev–Trinajstić information content (AvgIpc) is 2.75.